The standard InChI is InChI=1S/C27H25F2N5O3S/c28-22-7-8-23(33-38(36,37)34-9-1-2-10-34)25(29)24(22)26(35)21-15-32-27-20(21)11-18(14-31-27)16-3-5-17(6-4-16)19-12-30-13-19/h3-8,11,14-15,19,30,33H,1-2,9-10,12-13H2,(H,31,32). The lowest BCUT2D eigenvalue weighted by Crippen LogP contribution is -2.39. The number of fused-ring (bicyclic) bond motifs is 1. The Labute approximate surface area is 218 Å². The van der Waals surface area contributed by atoms with Gasteiger partial charge < -0.3 is 10.3 Å². The summed E-state index contributed by atoms with van der Waals surface area (Å²) in [7, 11) is -4.03. The summed E-state index contributed by atoms with van der Waals surface area (Å²) in [5.74, 6) is -2.77. The summed E-state index contributed by atoms with van der Waals surface area (Å²) in [5, 5.41) is 3.66. The van der Waals surface area contributed by atoms with E-state index in [0.717, 1.165) is 36.3 Å². The zero-order valence-corrected chi connectivity index (χ0v) is 21.1. The summed E-state index contributed by atoms with van der Waals surface area (Å²) in [6.45, 7) is 2.54. The van der Waals surface area contributed by atoms with Crippen LogP contribution in [0.25, 0.3) is 22.2 Å². The molecule has 4 heterocycles. The molecule has 6 rings (SSSR count). The Kier molecular flexibility index (Phi) is 6.21. The highest BCUT2D eigenvalue weighted by atomic mass is 32.2. The molecule has 2 aromatic carbocycles. The van der Waals surface area contributed by atoms with Gasteiger partial charge in [0.05, 0.1) is 11.3 Å². The number of nitrogens with one attached hydrogen (secondary N) is 3. The van der Waals surface area contributed by atoms with Crippen LogP contribution in [-0.4, -0.2) is 54.7 Å². The van der Waals surface area contributed by atoms with Crippen LogP contribution in [0, 0.1) is 11.6 Å². The van der Waals surface area contributed by atoms with Crippen LogP contribution in [0.3, 0.4) is 0 Å². The van der Waals surface area contributed by atoms with E-state index in [1.54, 1.807) is 12.3 Å². The van der Waals surface area contributed by atoms with E-state index in [2.05, 4.69) is 32.1 Å². The van der Waals surface area contributed by atoms with Crippen LogP contribution < -0.4 is 10.0 Å². The fourth-order valence-corrected chi connectivity index (χ4v) is 6.23. The Hall–Kier alpha value is -3.67. The molecule has 0 bridgehead atoms. The van der Waals surface area contributed by atoms with Gasteiger partial charge in [-0.2, -0.15) is 12.7 Å². The molecule has 38 heavy (non-hydrogen) atoms. The number of halogens is 2. The second-order valence-electron chi connectivity index (χ2n) is 9.63. The zero-order chi connectivity index (χ0) is 26.4. The number of ketones is 1. The van der Waals surface area contributed by atoms with Crippen molar-refractivity contribution in [3.05, 3.63) is 83.2 Å². The lowest BCUT2D eigenvalue weighted by molar-refractivity contribution is 0.103. The molecule has 0 aliphatic carbocycles. The number of pyridine rings is 1. The number of aromatic nitrogens is 2. The van der Waals surface area contributed by atoms with Crippen molar-refractivity contribution >= 4 is 32.7 Å². The van der Waals surface area contributed by atoms with Crippen molar-refractivity contribution < 1.29 is 22.0 Å². The van der Waals surface area contributed by atoms with Crippen molar-refractivity contribution in [1.29, 1.82) is 0 Å². The van der Waals surface area contributed by atoms with Gasteiger partial charge in [0.1, 0.15) is 11.5 Å². The Morgan fingerprint density at radius 3 is 2.45 bits per heavy atom. The number of rotatable bonds is 7. The molecular weight excluding hydrogens is 512 g/mol. The smallest absolute Gasteiger partial charge is 0.301 e. The van der Waals surface area contributed by atoms with Gasteiger partial charge in [-0.15, -0.1) is 0 Å². The number of carbonyl (C=O) groups excluding carboxylic acids is 1. The van der Waals surface area contributed by atoms with Gasteiger partial charge in [-0.05, 0) is 42.2 Å². The number of anilines is 1. The maximum atomic E-state index is 15.4. The van der Waals surface area contributed by atoms with E-state index in [0.29, 0.717) is 42.9 Å². The van der Waals surface area contributed by atoms with Crippen LogP contribution in [0.5, 0.6) is 0 Å². The van der Waals surface area contributed by atoms with E-state index >= 15 is 4.39 Å². The van der Waals surface area contributed by atoms with Gasteiger partial charge in [-0.25, -0.2) is 13.8 Å². The Balaban J connectivity index is 1.33. The molecule has 196 valence electrons. The summed E-state index contributed by atoms with van der Waals surface area (Å²) in [4.78, 5) is 20.7. The van der Waals surface area contributed by atoms with Crippen LogP contribution in [0.1, 0.15) is 40.2 Å². The van der Waals surface area contributed by atoms with Crippen molar-refractivity contribution in [2.45, 2.75) is 18.8 Å². The summed E-state index contributed by atoms with van der Waals surface area (Å²) in [5.41, 5.74) is 1.98. The lowest BCUT2D eigenvalue weighted by Gasteiger charge is -2.27. The summed E-state index contributed by atoms with van der Waals surface area (Å²) in [6, 6.07) is 11.7. The van der Waals surface area contributed by atoms with E-state index in [-0.39, 0.29) is 5.56 Å². The number of H-pyrrole nitrogens is 1. The summed E-state index contributed by atoms with van der Waals surface area (Å²) < 4.78 is 58.9. The van der Waals surface area contributed by atoms with Gasteiger partial charge in [0, 0.05) is 61.0 Å². The molecule has 3 N–H and O–H groups in total. The average molecular weight is 538 g/mol. The Morgan fingerprint density at radius 1 is 1.03 bits per heavy atom. The minimum Gasteiger partial charge on any atom is -0.345 e. The van der Waals surface area contributed by atoms with Crippen LogP contribution >= 0.6 is 0 Å². The van der Waals surface area contributed by atoms with Crippen molar-refractivity contribution in [3.63, 3.8) is 0 Å². The number of nitrogens with zero attached hydrogens (tertiary/aromatic N) is 2. The van der Waals surface area contributed by atoms with E-state index in [1.165, 1.54) is 16.1 Å². The zero-order valence-electron chi connectivity index (χ0n) is 20.3. The highest BCUT2D eigenvalue weighted by molar-refractivity contribution is 7.90. The maximum Gasteiger partial charge on any atom is 0.301 e. The van der Waals surface area contributed by atoms with E-state index < -0.39 is 38.9 Å². The van der Waals surface area contributed by atoms with Crippen molar-refractivity contribution in [2.24, 2.45) is 0 Å². The van der Waals surface area contributed by atoms with E-state index in [1.807, 2.05) is 12.1 Å². The molecule has 0 spiro atoms. The molecule has 0 amide bonds. The number of aromatic amines is 1. The van der Waals surface area contributed by atoms with Crippen LogP contribution in [0.4, 0.5) is 14.5 Å². The minimum atomic E-state index is -4.03. The molecule has 2 aliphatic heterocycles. The number of hydrogen-bond donors (Lipinski definition) is 3. The molecule has 0 atom stereocenters. The predicted molar refractivity (Wildman–Crippen MR) is 140 cm³/mol. The first-order valence-electron chi connectivity index (χ1n) is 12.4. The molecule has 0 saturated carbocycles. The summed E-state index contributed by atoms with van der Waals surface area (Å²) >= 11 is 0. The first kappa shape index (κ1) is 24.7. The molecule has 2 saturated heterocycles. The van der Waals surface area contributed by atoms with Crippen LogP contribution in [0.15, 0.2) is 54.9 Å². The number of hydrogen-bond acceptors (Lipinski definition) is 5. The molecule has 2 fully saturated rings. The van der Waals surface area contributed by atoms with Crippen molar-refractivity contribution in [3.8, 4) is 11.1 Å². The van der Waals surface area contributed by atoms with Gasteiger partial charge in [0.25, 0.3) is 0 Å². The Morgan fingerprint density at radius 2 is 1.76 bits per heavy atom. The Bertz CT molecular complexity index is 1640. The van der Waals surface area contributed by atoms with Gasteiger partial charge in [-0.3, -0.25) is 9.52 Å². The topological polar surface area (TPSA) is 107 Å². The summed E-state index contributed by atoms with van der Waals surface area (Å²) in [6.07, 6.45) is 4.43. The number of benzene rings is 2. The second kappa shape index (κ2) is 9.57. The fourth-order valence-electron chi connectivity index (χ4n) is 4.93. The van der Waals surface area contributed by atoms with Crippen molar-refractivity contribution in [2.75, 3.05) is 30.9 Å². The third kappa shape index (κ3) is 4.36. The third-order valence-corrected chi connectivity index (χ3v) is 8.76. The normalized spacial score (nSPS) is 16.6. The SMILES string of the molecule is O=C(c1c(F)ccc(NS(=O)(=O)N2CCCC2)c1F)c1c[nH]c2ncc(-c3ccc(C4CNC4)cc3)cc12. The van der Waals surface area contributed by atoms with Crippen molar-refractivity contribution in [1.82, 2.24) is 19.6 Å². The van der Waals surface area contributed by atoms with E-state index in [4.69, 9.17) is 0 Å². The molecule has 2 aliphatic rings. The molecule has 0 radical (unpaired) electrons. The van der Waals surface area contributed by atoms with Crippen LogP contribution in [0.2, 0.25) is 0 Å². The van der Waals surface area contributed by atoms with Gasteiger partial charge >= 0.3 is 10.2 Å². The van der Waals surface area contributed by atoms with Crippen LogP contribution in [-0.2, 0) is 10.2 Å². The molecule has 11 heteroatoms. The first-order valence-corrected chi connectivity index (χ1v) is 13.8. The fraction of sp³-hybridized carbons (Fsp3) is 0.259. The first-order chi connectivity index (χ1) is 18.3. The monoisotopic (exact) mass is 537 g/mol. The molecular formula is C27H25F2N5O3S. The maximum absolute atomic E-state index is 15.4. The van der Waals surface area contributed by atoms with Gasteiger partial charge in [0.2, 0.25) is 5.78 Å². The minimum absolute atomic E-state index is 0.0314. The molecule has 8 nitrogen and oxygen atoms in total. The lowest BCUT2D eigenvalue weighted by atomic mass is 9.92. The largest absolute Gasteiger partial charge is 0.345 e. The van der Waals surface area contributed by atoms with E-state index in [9.17, 15) is 17.6 Å². The number of carbonyl (C=O) groups is 1. The average Bonchev–Trinajstić information content (AvgIpc) is 3.56. The highest BCUT2D eigenvalue weighted by Gasteiger charge is 2.29. The quantitative estimate of drug-likeness (QED) is 0.307. The highest BCUT2D eigenvalue weighted by Crippen LogP contribution is 2.31. The molecule has 4 aromatic rings. The molecule has 2 aromatic heterocycles. The third-order valence-electron chi connectivity index (χ3n) is 7.23. The van der Waals surface area contributed by atoms with Gasteiger partial charge in [-0.1, -0.05) is 24.3 Å². The van der Waals surface area contributed by atoms with Gasteiger partial charge in [0.15, 0.2) is 5.82 Å². The molecule has 0 unspecified atom stereocenters. The predicted octanol–water partition coefficient (Wildman–Crippen LogP) is 4.18. The second-order valence-corrected chi connectivity index (χ2v) is 11.3.